The molecular formula is C25H26ClN3O2S. The van der Waals surface area contributed by atoms with Crippen LogP contribution in [0.15, 0.2) is 52.9 Å². The first-order valence-electron chi connectivity index (χ1n) is 10.7. The summed E-state index contributed by atoms with van der Waals surface area (Å²) in [6.45, 7) is 6.15. The quantitative estimate of drug-likeness (QED) is 0.439. The number of anilines is 2. The van der Waals surface area contributed by atoms with Crippen molar-refractivity contribution in [3.8, 4) is 11.3 Å². The Morgan fingerprint density at radius 2 is 1.78 bits per heavy atom. The zero-order valence-corrected chi connectivity index (χ0v) is 19.8. The van der Waals surface area contributed by atoms with E-state index >= 15 is 0 Å². The number of nitrogens with one attached hydrogen (secondary N) is 2. The molecule has 32 heavy (non-hydrogen) atoms. The molecule has 0 atom stereocenters. The normalized spacial score (nSPS) is 13.7. The fourth-order valence-electron chi connectivity index (χ4n) is 3.81. The fraction of sp³-hybridized carbons (Fsp3) is 0.280. The number of carbonyl (C=O) groups is 1. The number of carbonyl (C=O) groups excluding carboxylic acids is 1. The lowest BCUT2D eigenvalue weighted by atomic mass is 10.1. The third-order valence-electron chi connectivity index (χ3n) is 5.75. The highest BCUT2D eigenvalue weighted by atomic mass is 35.5. The topological polar surface area (TPSA) is 57.5 Å². The molecule has 0 aliphatic carbocycles. The number of hydrogen-bond acceptors (Lipinski definition) is 4. The number of benzene rings is 2. The molecule has 0 unspecified atom stereocenters. The molecule has 2 N–H and O–H groups in total. The van der Waals surface area contributed by atoms with Crippen LogP contribution in [-0.2, 0) is 0 Å². The van der Waals surface area contributed by atoms with Crippen LogP contribution in [0.3, 0.4) is 0 Å². The fourth-order valence-corrected chi connectivity index (χ4v) is 4.32. The van der Waals surface area contributed by atoms with E-state index in [0.29, 0.717) is 10.8 Å². The largest absolute Gasteiger partial charge is 0.451 e. The van der Waals surface area contributed by atoms with E-state index in [0.717, 1.165) is 30.0 Å². The monoisotopic (exact) mass is 467 g/mol. The Hall–Kier alpha value is -2.83. The second kappa shape index (κ2) is 9.76. The summed E-state index contributed by atoms with van der Waals surface area (Å²) < 4.78 is 5.75. The molecule has 7 heteroatoms. The van der Waals surface area contributed by atoms with Crippen molar-refractivity contribution in [1.29, 1.82) is 0 Å². The van der Waals surface area contributed by atoms with Gasteiger partial charge < -0.3 is 14.6 Å². The summed E-state index contributed by atoms with van der Waals surface area (Å²) in [5.74, 6) is 0.423. The van der Waals surface area contributed by atoms with E-state index in [-0.39, 0.29) is 10.9 Å². The lowest BCUT2D eigenvalue weighted by Gasteiger charge is -2.29. The van der Waals surface area contributed by atoms with Crippen molar-refractivity contribution in [2.75, 3.05) is 23.3 Å². The Morgan fingerprint density at radius 1 is 1.00 bits per heavy atom. The second-order valence-electron chi connectivity index (χ2n) is 8.09. The van der Waals surface area contributed by atoms with E-state index < -0.39 is 5.91 Å². The average molecular weight is 468 g/mol. The number of hydrogen-bond donors (Lipinski definition) is 2. The first-order valence-corrected chi connectivity index (χ1v) is 11.5. The number of thiocarbonyl (C=S) groups is 1. The molecule has 1 saturated heterocycles. The minimum Gasteiger partial charge on any atom is -0.451 e. The number of nitrogens with zero attached hydrogens (tertiary/aromatic N) is 1. The van der Waals surface area contributed by atoms with Gasteiger partial charge in [0, 0.05) is 24.3 Å². The summed E-state index contributed by atoms with van der Waals surface area (Å²) in [7, 11) is 0. The van der Waals surface area contributed by atoms with Crippen molar-refractivity contribution in [3.63, 3.8) is 0 Å². The van der Waals surface area contributed by atoms with Gasteiger partial charge in [-0.2, -0.15) is 0 Å². The van der Waals surface area contributed by atoms with E-state index in [1.807, 2.05) is 43.3 Å². The molecule has 2 aromatic carbocycles. The number of amides is 1. The van der Waals surface area contributed by atoms with Crippen molar-refractivity contribution < 1.29 is 9.21 Å². The molecule has 0 saturated carbocycles. The molecule has 0 bridgehead atoms. The maximum Gasteiger partial charge on any atom is 0.293 e. The molecule has 1 aromatic heterocycles. The van der Waals surface area contributed by atoms with Crippen LogP contribution in [0, 0.1) is 13.8 Å². The van der Waals surface area contributed by atoms with E-state index in [2.05, 4.69) is 22.5 Å². The highest BCUT2D eigenvalue weighted by Gasteiger charge is 2.16. The highest BCUT2D eigenvalue weighted by Crippen LogP contribution is 2.31. The standard InChI is InChI=1S/C25H26ClN3O2S/c1-16-6-7-18(14-17(16)2)22-10-11-23(31-22)24(30)28-25(32)27-19-8-9-21(20(26)15-19)29-12-4-3-5-13-29/h6-11,14-15H,3-5,12-13H2,1-2H3,(H2,27,28,30,32). The second-order valence-corrected chi connectivity index (χ2v) is 8.90. The number of furan rings is 1. The SMILES string of the molecule is Cc1ccc(-c2ccc(C(=O)NC(=S)Nc3ccc(N4CCCCC4)c(Cl)c3)o2)cc1C. The van der Waals surface area contributed by atoms with Gasteiger partial charge in [0.1, 0.15) is 5.76 Å². The molecule has 1 aliphatic rings. The smallest absolute Gasteiger partial charge is 0.293 e. The number of piperidine rings is 1. The summed E-state index contributed by atoms with van der Waals surface area (Å²) in [6, 6.07) is 15.2. The van der Waals surface area contributed by atoms with Crippen LogP contribution in [0.25, 0.3) is 11.3 Å². The molecular weight excluding hydrogens is 442 g/mol. The van der Waals surface area contributed by atoms with Crippen molar-refractivity contribution in [2.45, 2.75) is 33.1 Å². The summed E-state index contributed by atoms with van der Waals surface area (Å²) >= 11 is 11.8. The van der Waals surface area contributed by atoms with Crippen LogP contribution < -0.4 is 15.5 Å². The predicted octanol–water partition coefficient (Wildman–Crippen LogP) is 6.33. The average Bonchev–Trinajstić information content (AvgIpc) is 3.27. The van der Waals surface area contributed by atoms with Crippen molar-refractivity contribution in [1.82, 2.24) is 5.32 Å². The van der Waals surface area contributed by atoms with Gasteiger partial charge in [0.05, 0.1) is 10.7 Å². The van der Waals surface area contributed by atoms with Gasteiger partial charge in [-0.15, -0.1) is 0 Å². The molecule has 1 amide bonds. The van der Waals surface area contributed by atoms with Gasteiger partial charge in [0.2, 0.25) is 0 Å². The maximum absolute atomic E-state index is 12.6. The summed E-state index contributed by atoms with van der Waals surface area (Å²) in [6.07, 6.45) is 3.64. The molecule has 1 aliphatic heterocycles. The molecule has 3 aromatic rings. The molecule has 166 valence electrons. The number of halogens is 1. The Bertz CT molecular complexity index is 1150. The van der Waals surface area contributed by atoms with Gasteiger partial charge in [-0.25, -0.2) is 0 Å². The Kier molecular flexibility index (Phi) is 6.82. The van der Waals surface area contributed by atoms with Gasteiger partial charge in [0.15, 0.2) is 10.9 Å². The van der Waals surface area contributed by atoms with E-state index in [9.17, 15) is 4.79 Å². The minimum atomic E-state index is -0.409. The van der Waals surface area contributed by atoms with Crippen LogP contribution in [0.2, 0.25) is 5.02 Å². The first kappa shape index (κ1) is 22.4. The Morgan fingerprint density at radius 3 is 2.50 bits per heavy atom. The summed E-state index contributed by atoms with van der Waals surface area (Å²) in [5.41, 5.74) is 5.05. The zero-order chi connectivity index (χ0) is 22.7. The summed E-state index contributed by atoms with van der Waals surface area (Å²) in [4.78, 5) is 14.9. The van der Waals surface area contributed by atoms with Crippen LogP contribution in [0.5, 0.6) is 0 Å². The van der Waals surface area contributed by atoms with Crippen molar-refractivity contribution in [2.24, 2.45) is 0 Å². The lowest BCUT2D eigenvalue weighted by molar-refractivity contribution is 0.0951. The van der Waals surface area contributed by atoms with Gasteiger partial charge >= 0.3 is 0 Å². The van der Waals surface area contributed by atoms with E-state index in [1.165, 1.54) is 30.4 Å². The number of aryl methyl sites for hydroxylation is 2. The minimum absolute atomic E-state index is 0.181. The Balaban J connectivity index is 1.38. The van der Waals surface area contributed by atoms with Gasteiger partial charge in [-0.3, -0.25) is 10.1 Å². The molecule has 0 radical (unpaired) electrons. The molecule has 2 heterocycles. The third-order valence-corrected chi connectivity index (χ3v) is 6.26. The Labute approximate surface area is 198 Å². The lowest BCUT2D eigenvalue weighted by Crippen LogP contribution is -2.34. The maximum atomic E-state index is 12.6. The third kappa shape index (κ3) is 5.14. The van der Waals surface area contributed by atoms with Gasteiger partial charge in [0.25, 0.3) is 5.91 Å². The van der Waals surface area contributed by atoms with Gasteiger partial charge in [-0.1, -0.05) is 23.7 Å². The predicted molar refractivity (Wildman–Crippen MR) is 135 cm³/mol. The van der Waals surface area contributed by atoms with Crippen molar-refractivity contribution >= 4 is 46.2 Å². The van der Waals surface area contributed by atoms with Crippen molar-refractivity contribution in [3.05, 3.63) is 70.4 Å². The molecule has 1 fully saturated rings. The van der Waals surface area contributed by atoms with E-state index in [1.54, 1.807) is 12.1 Å². The van der Waals surface area contributed by atoms with Crippen LogP contribution in [-0.4, -0.2) is 24.1 Å². The highest BCUT2D eigenvalue weighted by molar-refractivity contribution is 7.80. The number of rotatable bonds is 4. The summed E-state index contributed by atoms with van der Waals surface area (Å²) in [5, 5.41) is 6.53. The molecule has 5 nitrogen and oxygen atoms in total. The molecule has 4 rings (SSSR count). The zero-order valence-electron chi connectivity index (χ0n) is 18.2. The molecule has 0 spiro atoms. The first-order chi connectivity index (χ1) is 15.4. The van der Waals surface area contributed by atoms with E-state index in [4.69, 9.17) is 28.2 Å². The van der Waals surface area contributed by atoms with Gasteiger partial charge in [-0.05, 0) is 92.9 Å². The van der Waals surface area contributed by atoms with Crippen LogP contribution >= 0.6 is 23.8 Å². The van der Waals surface area contributed by atoms with Crippen LogP contribution in [0.1, 0.15) is 40.9 Å². The van der Waals surface area contributed by atoms with Crippen LogP contribution in [0.4, 0.5) is 11.4 Å².